The van der Waals surface area contributed by atoms with E-state index in [0.29, 0.717) is 12.6 Å². The molecule has 6 heteroatoms. The number of halogens is 1. The van der Waals surface area contributed by atoms with Gasteiger partial charge in [-0.2, -0.15) is 15.0 Å². The van der Waals surface area contributed by atoms with Gasteiger partial charge in [-0.25, -0.2) is 0 Å². The third-order valence-electron chi connectivity index (χ3n) is 2.33. The average molecular weight is 279 g/mol. The molecule has 2 rings (SSSR count). The van der Waals surface area contributed by atoms with Crippen molar-refractivity contribution in [3.05, 3.63) is 35.1 Å². The van der Waals surface area contributed by atoms with Crippen molar-refractivity contribution in [3.63, 3.8) is 0 Å². The second-order valence-corrected chi connectivity index (χ2v) is 4.39. The number of anilines is 2. The number of rotatable bonds is 5. The zero-order valence-corrected chi connectivity index (χ0v) is 11.6. The molecule has 0 aliphatic carbocycles. The van der Waals surface area contributed by atoms with Gasteiger partial charge in [-0.05, 0) is 37.1 Å². The minimum atomic E-state index is 0.107. The number of ether oxygens (including phenoxy) is 1. The fraction of sp³-hybridized carbons (Fsp3) is 0.308. The van der Waals surface area contributed by atoms with Gasteiger partial charge in [-0.15, -0.1) is 0 Å². The molecule has 5 nitrogen and oxygen atoms in total. The van der Waals surface area contributed by atoms with Crippen molar-refractivity contribution in [1.29, 1.82) is 0 Å². The van der Waals surface area contributed by atoms with Crippen molar-refractivity contribution in [1.82, 2.24) is 15.0 Å². The Kier molecular flexibility index (Phi) is 4.52. The summed E-state index contributed by atoms with van der Waals surface area (Å²) in [6, 6.07) is 8.12. The SMILES string of the molecule is CCCOc1nc(Cl)nc(Nc2ccc(C)cc2)n1. The Morgan fingerprint density at radius 1 is 1.16 bits per heavy atom. The van der Waals surface area contributed by atoms with Gasteiger partial charge in [0.15, 0.2) is 0 Å². The van der Waals surface area contributed by atoms with E-state index in [1.165, 1.54) is 5.56 Å². The van der Waals surface area contributed by atoms with Crippen LogP contribution in [-0.2, 0) is 0 Å². The van der Waals surface area contributed by atoms with E-state index in [1.807, 2.05) is 38.1 Å². The summed E-state index contributed by atoms with van der Waals surface area (Å²) in [7, 11) is 0. The molecule has 0 bridgehead atoms. The predicted molar refractivity (Wildman–Crippen MR) is 75.1 cm³/mol. The van der Waals surface area contributed by atoms with E-state index >= 15 is 0 Å². The Hall–Kier alpha value is -1.88. The highest BCUT2D eigenvalue weighted by Gasteiger charge is 2.06. The number of aromatic nitrogens is 3. The van der Waals surface area contributed by atoms with Crippen LogP contribution in [0, 0.1) is 6.92 Å². The third kappa shape index (κ3) is 4.06. The molecule has 1 N–H and O–H groups in total. The summed E-state index contributed by atoms with van der Waals surface area (Å²) in [5.74, 6) is 0.370. The highest BCUT2D eigenvalue weighted by molar-refractivity contribution is 6.28. The lowest BCUT2D eigenvalue weighted by Crippen LogP contribution is -2.04. The molecule has 100 valence electrons. The summed E-state index contributed by atoms with van der Waals surface area (Å²) in [6.45, 7) is 4.58. The molecule has 0 aliphatic rings. The highest BCUT2D eigenvalue weighted by atomic mass is 35.5. The predicted octanol–water partition coefficient (Wildman–Crippen LogP) is 3.37. The van der Waals surface area contributed by atoms with Crippen LogP contribution in [0.1, 0.15) is 18.9 Å². The quantitative estimate of drug-likeness (QED) is 0.909. The molecule has 0 saturated carbocycles. The maximum Gasteiger partial charge on any atom is 0.322 e. The molecule has 0 fully saturated rings. The van der Waals surface area contributed by atoms with Crippen LogP contribution in [0.4, 0.5) is 11.6 Å². The van der Waals surface area contributed by atoms with Gasteiger partial charge in [0.05, 0.1) is 6.61 Å². The molecule has 0 saturated heterocycles. The van der Waals surface area contributed by atoms with Gasteiger partial charge in [0.2, 0.25) is 11.2 Å². The molecule has 0 amide bonds. The maximum atomic E-state index is 5.84. The van der Waals surface area contributed by atoms with Crippen LogP contribution in [0.3, 0.4) is 0 Å². The fourth-order valence-corrected chi connectivity index (χ4v) is 1.56. The lowest BCUT2D eigenvalue weighted by atomic mass is 10.2. The van der Waals surface area contributed by atoms with Crippen molar-refractivity contribution >= 4 is 23.2 Å². The van der Waals surface area contributed by atoms with E-state index < -0.39 is 0 Å². The van der Waals surface area contributed by atoms with Crippen LogP contribution in [0.2, 0.25) is 5.28 Å². The average Bonchev–Trinajstić information content (AvgIpc) is 2.38. The molecule has 0 atom stereocenters. The van der Waals surface area contributed by atoms with Gasteiger partial charge in [0.1, 0.15) is 0 Å². The molecule has 0 unspecified atom stereocenters. The minimum Gasteiger partial charge on any atom is -0.463 e. The number of hydrogen-bond donors (Lipinski definition) is 1. The molecule has 19 heavy (non-hydrogen) atoms. The maximum absolute atomic E-state index is 5.84. The first kappa shape index (κ1) is 13.5. The molecule has 1 aromatic heterocycles. The minimum absolute atomic E-state index is 0.107. The lowest BCUT2D eigenvalue weighted by molar-refractivity contribution is 0.292. The Labute approximate surface area is 117 Å². The number of nitrogens with zero attached hydrogens (tertiary/aromatic N) is 3. The monoisotopic (exact) mass is 278 g/mol. The second kappa shape index (κ2) is 6.33. The summed E-state index contributed by atoms with van der Waals surface area (Å²) in [5, 5.41) is 3.17. The van der Waals surface area contributed by atoms with Gasteiger partial charge in [0, 0.05) is 5.69 Å². The van der Waals surface area contributed by atoms with E-state index in [4.69, 9.17) is 16.3 Å². The zero-order chi connectivity index (χ0) is 13.7. The number of benzene rings is 1. The molecule has 0 spiro atoms. The van der Waals surface area contributed by atoms with E-state index in [9.17, 15) is 0 Å². The molecular formula is C13H15ClN4O. The molecule has 0 aliphatic heterocycles. The van der Waals surface area contributed by atoms with Crippen LogP contribution < -0.4 is 10.1 Å². The van der Waals surface area contributed by atoms with Gasteiger partial charge in [-0.1, -0.05) is 24.6 Å². The summed E-state index contributed by atoms with van der Waals surface area (Å²) in [6.07, 6.45) is 0.879. The van der Waals surface area contributed by atoms with Crippen molar-refractivity contribution in [2.45, 2.75) is 20.3 Å². The summed E-state index contributed by atoms with van der Waals surface area (Å²) < 4.78 is 5.35. The van der Waals surface area contributed by atoms with Crippen molar-refractivity contribution in [3.8, 4) is 6.01 Å². The molecule has 1 heterocycles. The number of aryl methyl sites for hydroxylation is 1. The van der Waals surface area contributed by atoms with Crippen molar-refractivity contribution < 1.29 is 4.74 Å². The summed E-state index contributed by atoms with van der Waals surface area (Å²) >= 11 is 5.84. The highest BCUT2D eigenvalue weighted by Crippen LogP contribution is 2.17. The van der Waals surface area contributed by atoms with Gasteiger partial charge < -0.3 is 10.1 Å². The van der Waals surface area contributed by atoms with E-state index in [1.54, 1.807) is 0 Å². The van der Waals surface area contributed by atoms with Crippen molar-refractivity contribution in [2.24, 2.45) is 0 Å². The first-order valence-corrected chi connectivity index (χ1v) is 6.43. The van der Waals surface area contributed by atoms with Crippen molar-refractivity contribution in [2.75, 3.05) is 11.9 Å². The molecular weight excluding hydrogens is 264 g/mol. The fourth-order valence-electron chi connectivity index (χ4n) is 1.41. The summed E-state index contributed by atoms with van der Waals surface area (Å²) in [4.78, 5) is 12.1. The Balaban J connectivity index is 2.15. The molecule has 0 radical (unpaired) electrons. The van der Waals surface area contributed by atoms with Gasteiger partial charge >= 0.3 is 6.01 Å². The first-order valence-electron chi connectivity index (χ1n) is 6.05. The first-order chi connectivity index (χ1) is 9.17. The van der Waals surface area contributed by atoms with Crippen LogP contribution in [0.25, 0.3) is 0 Å². The van der Waals surface area contributed by atoms with Crippen LogP contribution in [-0.4, -0.2) is 21.6 Å². The standard InChI is InChI=1S/C13H15ClN4O/c1-3-8-19-13-17-11(14)16-12(18-13)15-10-6-4-9(2)5-7-10/h4-7H,3,8H2,1-2H3,(H,15,16,17,18). The van der Waals surface area contributed by atoms with Gasteiger partial charge in [-0.3, -0.25) is 0 Å². The zero-order valence-electron chi connectivity index (χ0n) is 10.9. The molecule has 2 aromatic rings. The largest absolute Gasteiger partial charge is 0.463 e. The van der Waals surface area contributed by atoms with E-state index in [-0.39, 0.29) is 11.3 Å². The lowest BCUT2D eigenvalue weighted by Gasteiger charge is -2.07. The van der Waals surface area contributed by atoms with E-state index in [0.717, 1.165) is 12.1 Å². The second-order valence-electron chi connectivity index (χ2n) is 4.05. The topological polar surface area (TPSA) is 59.9 Å². The molecule has 1 aromatic carbocycles. The third-order valence-corrected chi connectivity index (χ3v) is 2.50. The Morgan fingerprint density at radius 3 is 2.58 bits per heavy atom. The number of nitrogens with one attached hydrogen (secondary N) is 1. The smallest absolute Gasteiger partial charge is 0.322 e. The van der Waals surface area contributed by atoms with E-state index in [2.05, 4.69) is 20.3 Å². The Bertz CT molecular complexity index is 545. The Morgan fingerprint density at radius 2 is 1.89 bits per heavy atom. The normalized spacial score (nSPS) is 10.3. The number of hydrogen-bond acceptors (Lipinski definition) is 5. The summed E-state index contributed by atoms with van der Waals surface area (Å²) in [5.41, 5.74) is 2.07. The van der Waals surface area contributed by atoms with Gasteiger partial charge in [0.25, 0.3) is 0 Å². The van der Waals surface area contributed by atoms with Crippen LogP contribution in [0.15, 0.2) is 24.3 Å². The van der Waals surface area contributed by atoms with Crippen LogP contribution in [0.5, 0.6) is 6.01 Å². The van der Waals surface area contributed by atoms with Crippen LogP contribution >= 0.6 is 11.6 Å².